The molecule has 2 N–H and O–H groups in total. The van der Waals surface area contributed by atoms with E-state index in [1.54, 1.807) is 18.6 Å². The number of benzene rings is 1. The number of alkyl halides is 3. The molecule has 0 saturated heterocycles. The highest BCUT2D eigenvalue weighted by Crippen LogP contribution is 2.34. The Kier molecular flexibility index (Phi) is 6.13. The van der Waals surface area contributed by atoms with Crippen LogP contribution >= 0.6 is 0 Å². The Morgan fingerprint density at radius 1 is 1.36 bits per heavy atom. The summed E-state index contributed by atoms with van der Waals surface area (Å²) in [5.41, 5.74) is -2.69. The number of rotatable bonds is 7. The molecule has 1 aromatic carbocycles. The Labute approximate surface area is 140 Å². The lowest BCUT2D eigenvalue weighted by atomic mass is 10.1. The molecule has 8 nitrogen and oxygen atoms in total. The van der Waals surface area contributed by atoms with Gasteiger partial charge >= 0.3 is 12.1 Å². The number of halogens is 3. The molecule has 0 bridgehead atoms. The maximum absolute atomic E-state index is 12.7. The molecular weight excluding hydrogens is 369 g/mol. The lowest BCUT2D eigenvalue weighted by Gasteiger charge is -2.17. The van der Waals surface area contributed by atoms with Gasteiger partial charge in [0, 0.05) is 6.07 Å². The zero-order valence-corrected chi connectivity index (χ0v) is 13.9. The van der Waals surface area contributed by atoms with Gasteiger partial charge in [-0.15, -0.1) is 0 Å². The van der Waals surface area contributed by atoms with E-state index in [0.717, 1.165) is 0 Å². The van der Waals surface area contributed by atoms with Crippen molar-refractivity contribution in [1.82, 2.24) is 4.72 Å². The van der Waals surface area contributed by atoms with E-state index in [9.17, 15) is 36.5 Å². The van der Waals surface area contributed by atoms with Crippen LogP contribution in [0.2, 0.25) is 0 Å². The minimum Gasteiger partial charge on any atom is -0.480 e. The van der Waals surface area contributed by atoms with E-state index < -0.39 is 49.3 Å². The van der Waals surface area contributed by atoms with E-state index in [4.69, 9.17) is 5.11 Å². The second-order valence-electron chi connectivity index (χ2n) is 5.58. The average molecular weight is 384 g/mol. The number of sulfonamides is 1. The summed E-state index contributed by atoms with van der Waals surface area (Å²) in [5, 5.41) is 20.0. The Hall–Kier alpha value is -2.21. The fourth-order valence-corrected chi connectivity index (χ4v) is 3.34. The maximum Gasteiger partial charge on any atom is 0.416 e. The third-order valence-electron chi connectivity index (χ3n) is 3.08. The van der Waals surface area contributed by atoms with Crippen molar-refractivity contribution < 1.29 is 36.4 Å². The number of carboxylic acid groups (broad SMARTS) is 1. The fraction of sp³-hybridized carbons (Fsp3) is 0.462. The number of nitrogens with one attached hydrogen (secondary N) is 1. The predicted molar refractivity (Wildman–Crippen MR) is 79.3 cm³/mol. The molecule has 1 atom stereocenters. The Morgan fingerprint density at radius 3 is 2.32 bits per heavy atom. The van der Waals surface area contributed by atoms with Crippen molar-refractivity contribution in [2.24, 2.45) is 5.92 Å². The number of nitro benzene ring substituents is 1. The standard InChI is InChI=1S/C13H15F3N2O6S/c1-7(2)5-9(12(19)20)17-25(23,24)11-4-3-8(13(14,15)16)6-10(11)18(21)22/h3-4,6-7,9,17H,5H2,1-2H3,(H,19,20). The van der Waals surface area contributed by atoms with Crippen LogP contribution in [-0.4, -0.2) is 30.5 Å². The zero-order valence-electron chi connectivity index (χ0n) is 13.1. The number of hydrogen-bond acceptors (Lipinski definition) is 5. The highest BCUT2D eigenvalue weighted by Gasteiger charge is 2.36. The van der Waals surface area contributed by atoms with Crippen molar-refractivity contribution in [1.29, 1.82) is 0 Å². The van der Waals surface area contributed by atoms with Gasteiger partial charge in [-0.2, -0.15) is 17.9 Å². The van der Waals surface area contributed by atoms with E-state index in [0.29, 0.717) is 12.1 Å². The highest BCUT2D eigenvalue weighted by molar-refractivity contribution is 7.89. The normalized spacial score (nSPS) is 13.7. The summed E-state index contributed by atoms with van der Waals surface area (Å²) in [5.74, 6) is -1.72. The number of hydrogen-bond donors (Lipinski definition) is 2. The molecule has 0 saturated carbocycles. The van der Waals surface area contributed by atoms with Crippen molar-refractivity contribution in [2.75, 3.05) is 0 Å². The Bertz CT molecular complexity index is 776. The van der Waals surface area contributed by atoms with Crippen LogP contribution in [0.1, 0.15) is 25.8 Å². The van der Waals surface area contributed by atoms with Gasteiger partial charge in [0.1, 0.15) is 6.04 Å². The minimum absolute atomic E-state index is 0.0901. The van der Waals surface area contributed by atoms with E-state index in [-0.39, 0.29) is 18.4 Å². The Morgan fingerprint density at radius 2 is 1.92 bits per heavy atom. The molecule has 12 heteroatoms. The second-order valence-corrected chi connectivity index (χ2v) is 7.26. The van der Waals surface area contributed by atoms with Crippen LogP contribution in [0.25, 0.3) is 0 Å². The summed E-state index contributed by atoms with van der Waals surface area (Å²) in [4.78, 5) is 19.8. The van der Waals surface area contributed by atoms with Crippen molar-refractivity contribution in [3.8, 4) is 0 Å². The van der Waals surface area contributed by atoms with Crippen molar-refractivity contribution in [3.63, 3.8) is 0 Å². The number of carboxylic acids is 1. The van der Waals surface area contributed by atoms with Gasteiger partial charge in [-0.3, -0.25) is 14.9 Å². The van der Waals surface area contributed by atoms with Crippen LogP contribution < -0.4 is 4.72 Å². The first-order valence-electron chi connectivity index (χ1n) is 6.86. The summed E-state index contributed by atoms with van der Waals surface area (Å²) in [7, 11) is -4.73. The van der Waals surface area contributed by atoms with Gasteiger partial charge in [0.25, 0.3) is 5.69 Å². The van der Waals surface area contributed by atoms with Crippen molar-refractivity contribution in [3.05, 3.63) is 33.9 Å². The summed E-state index contributed by atoms with van der Waals surface area (Å²) in [6, 6.07) is -0.684. The second kappa shape index (κ2) is 7.35. The zero-order chi connectivity index (χ0) is 19.6. The molecule has 0 radical (unpaired) electrons. The predicted octanol–water partition coefficient (Wildman–Crippen LogP) is 2.39. The van der Waals surface area contributed by atoms with Gasteiger partial charge in [-0.25, -0.2) is 8.42 Å². The largest absolute Gasteiger partial charge is 0.480 e. The van der Waals surface area contributed by atoms with Gasteiger partial charge in [0.2, 0.25) is 10.0 Å². The Balaban J connectivity index is 3.37. The average Bonchev–Trinajstić information content (AvgIpc) is 2.44. The summed E-state index contributed by atoms with van der Waals surface area (Å²) in [6.07, 6.45) is -5.01. The van der Waals surface area contributed by atoms with Crippen molar-refractivity contribution in [2.45, 2.75) is 37.4 Å². The third kappa shape index (κ3) is 5.39. The van der Waals surface area contributed by atoms with Crippen LogP contribution in [0.5, 0.6) is 0 Å². The molecular formula is C13H15F3N2O6S. The number of carbonyl (C=O) groups is 1. The van der Waals surface area contributed by atoms with Gasteiger partial charge in [0.05, 0.1) is 10.5 Å². The molecule has 140 valence electrons. The van der Waals surface area contributed by atoms with Gasteiger partial charge < -0.3 is 5.11 Å². The molecule has 1 unspecified atom stereocenters. The first-order chi connectivity index (χ1) is 11.3. The van der Waals surface area contributed by atoms with Crippen molar-refractivity contribution >= 4 is 21.7 Å². The molecule has 0 heterocycles. The van der Waals surface area contributed by atoms with Crippen LogP contribution in [0.4, 0.5) is 18.9 Å². The summed E-state index contributed by atoms with van der Waals surface area (Å²) < 4.78 is 64.3. The number of aliphatic carboxylic acids is 1. The molecule has 0 aromatic heterocycles. The van der Waals surface area contributed by atoms with Crippen LogP contribution in [-0.2, 0) is 21.0 Å². The highest BCUT2D eigenvalue weighted by atomic mass is 32.2. The van der Waals surface area contributed by atoms with E-state index >= 15 is 0 Å². The van der Waals surface area contributed by atoms with Gasteiger partial charge in [0.15, 0.2) is 4.90 Å². The molecule has 0 amide bonds. The summed E-state index contributed by atoms with van der Waals surface area (Å²) >= 11 is 0. The smallest absolute Gasteiger partial charge is 0.416 e. The lowest BCUT2D eigenvalue weighted by molar-refractivity contribution is -0.388. The molecule has 25 heavy (non-hydrogen) atoms. The molecule has 0 fully saturated rings. The maximum atomic E-state index is 12.7. The van der Waals surface area contributed by atoms with E-state index in [2.05, 4.69) is 0 Å². The van der Waals surface area contributed by atoms with Crippen LogP contribution in [0.15, 0.2) is 23.1 Å². The molecule has 0 aliphatic carbocycles. The quantitative estimate of drug-likeness (QED) is 0.549. The first kappa shape index (κ1) is 20.8. The van der Waals surface area contributed by atoms with Gasteiger partial charge in [-0.1, -0.05) is 13.8 Å². The van der Waals surface area contributed by atoms with Crippen LogP contribution in [0.3, 0.4) is 0 Å². The molecule has 0 spiro atoms. The fourth-order valence-electron chi connectivity index (χ4n) is 1.99. The molecule has 0 aliphatic rings. The lowest BCUT2D eigenvalue weighted by Crippen LogP contribution is -2.41. The van der Waals surface area contributed by atoms with E-state index in [1.807, 2.05) is 0 Å². The van der Waals surface area contributed by atoms with Crippen LogP contribution in [0, 0.1) is 16.0 Å². The molecule has 1 rings (SSSR count). The number of nitrogens with zero attached hydrogens (tertiary/aromatic N) is 1. The summed E-state index contributed by atoms with van der Waals surface area (Å²) in [6.45, 7) is 3.26. The van der Waals surface area contributed by atoms with Gasteiger partial charge in [-0.05, 0) is 24.5 Å². The molecule has 1 aromatic rings. The SMILES string of the molecule is CC(C)CC(NS(=O)(=O)c1ccc(C(F)(F)F)cc1[N+](=O)[O-])C(=O)O. The monoisotopic (exact) mass is 384 g/mol. The number of nitro groups is 1. The minimum atomic E-state index is -4.90. The third-order valence-corrected chi connectivity index (χ3v) is 4.59. The first-order valence-corrected chi connectivity index (χ1v) is 8.34. The topological polar surface area (TPSA) is 127 Å². The van der Waals surface area contributed by atoms with E-state index in [1.165, 1.54) is 0 Å². The molecule has 0 aliphatic heterocycles.